The number of rotatable bonds is 6. The van der Waals surface area contributed by atoms with Crippen LogP contribution in [0.15, 0.2) is 77.1 Å². The minimum absolute atomic E-state index is 0.121. The van der Waals surface area contributed by atoms with Crippen molar-refractivity contribution >= 4 is 43.9 Å². The summed E-state index contributed by atoms with van der Waals surface area (Å²) >= 11 is 1.49. The summed E-state index contributed by atoms with van der Waals surface area (Å²) in [5, 5.41) is 5.74. The molecule has 0 atom stereocenters. The van der Waals surface area contributed by atoms with Gasteiger partial charge in [-0.15, -0.1) is 11.3 Å². The second kappa shape index (κ2) is 7.82. The summed E-state index contributed by atoms with van der Waals surface area (Å²) in [6, 6.07) is 17.3. The molecule has 2 aromatic heterocycles. The predicted molar refractivity (Wildman–Crippen MR) is 116 cm³/mol. The molecule has 2 N–H and O–H groups in total. The van der Waals surface area contributed by atoms with Crippen LogP contribution >= 0.6 is 11.3 Å². The Morgan fingerprint density at radius 2 is 1.83 bits per heavy atom. The Bertz CT molecular complexity index is 1260. The lowest BCUT2D eigenvalue weighted by Crippen LogP contribution is -2.23. The van der Waals surface area contributed by atoms with E-state index in [0.29, 0.717) is 11.3 Å². The number of amides is 1. The van der Waals surface area contributed by atoms with Crippen molar-refractivity contribution in [3.05, 3.63) is 82.7 Å². The monoisotopic (exact) mass is 425 g/mol. The average Bonchev–Trinajstić information content (AvgIpc) is 3.37. The van der Waals surface area contributed by atoms with E-state index in [4.69, 9.17) is 0 Å². The zero-order chi connectivity index (χ0) is 20.4. The summed E-state index contributed by atoms with van der Waals surface area (Å²) in [5.41, 5.74) is 2.11. The fourth-order valence-electron chi connectivity index (χ4n) is 3.05. The van der Waals surface area contributed by atoms with Crippen LogP contribution in [-0.2, 0) is 23.6 Å². The topological polar surface area (TPSA) is 80.2 Å². The normalized spacial score (nSPS) is 11.6. The van der Waals surface area contributed by atoms with Gasteiger partial charge in [0.05, 0.1) is 10.6 Å². The van der Waals surface area contributed by atoms with E-state index in [0.717, 1.165) is 15.8 Å². The zero-order valence-corrected chi connectivity index (χ0v) is 17.3. The van der Waals surface area contributed by atoms with Gasteiger partial charge in [-0.1, -0.05) is 12.1 Å². The molecule has 0 aliphatic carbocycles. The molecule has 0 fully saturated rings. The van der Waals surface area contributed by atoms with Crippen molar-refractivity contribution in [2.24, 2.45) is 7.05 Å². The minimum Gasteiger partial charge on any atom is -0.350 e. The number of aryl methyl sites for hydroxylation is 1. The van der Waals surface area contributed by atoms with E-state index in [1.54, 1.807) is 0 Å². The molecule has 4 rings (SSSR count). The third-order valence-corrected chi connectivity index (χ3v) is 6.91. The lowest BCUT2D eigenvalue weighted by Gasteiger charge is -2.09. The van der Waals surface area contributed by atoms with Crippen LogP contribution < -0.4 is 10.0 Å². The van der Waals surface area contributed by atoms with E-state index in [9.17, 15) is 13.2 Å². The van der Waals surface area contributed by atoms with Crippen LogP contribution in [0.3, 0.4) is 0 Å². The number of benzene rings is 2. The summed E-state index contributed by atoms with van der Waals surface area (Å²) in [7, 11) is -1.70. The molecule has 0 unspecified atom stereocenters. The number of fused-ring (bicyclic) bond motifs is 1. The predicted octanol–water partition coefficient (Wildman–Crippen LogP) is 3.97. The highest BCUT2D eigenvalue weighted by molar-refractivity contribution is 7.89. The van der Waals surface area contributed by atoms with Gasteiger partial charge in [-0.2, -0.15) is 0 Å². The number of hydrogen-bond acceptors (Lipinski definition) is 4. The smallest absolute Gasteiger partial charge is 0.255 e. The molecule has 0 saturated heterocycles. The third-order valence-electron chi connectivity index (χ3n) is 4.62. The molecule has 8 heteroatoms. The number of anilines is 1. The van der Waals surface area contributed by atoms with Gasteiger partial charge in [0, 0.05) is 41.1 Å². The Morgan fingerprint density at radius 3 is 2.55 bits per heavy atom. The minimum atomic E-state index is -3.64. The molecule has 2 heterocycles. The standard InChI is InChI=1S/C21H19N3O3S2/c1-24-12-11-18-19(5-2-6-20(18)24)23-21(25)15-7-9-17(10-8-15)29(26,27)22-14-16-4-3-13-28-16/h2-13,22H,14H2,1H3,(H,23,25). The largest absolute Gasteiger partial charge is 0.350 e. The maximum absolute atomic E-state index is 12.6. The molecule has 0 spiro atoms. The zero-order valence-electron chi connectivity index (χ0n) is 15.6. The van der Waals surface area contributed by atoms with Crippen LogP contribution in [-0.4, -0.2) is 18.9 Å². The molecular formula is C21H19N3O3S2. The van der Waals surface area contributed by atoms with Crippen LogP contribution in [0.2, 0.25) is 0 Å². The van der Waals surface area contributed by atoms with Crippen molar-refractivity contribution in [1.29, 1.82) is 0 Å². The molecule has 0 aliphatic heterocycles. The molecule has 0 saturated carbocycles. The van der Waals surface area contributed by atoms with Crippen LogP contribution in [0.4, 0.5) is 5.69 Å². The third kappa shape index (κ3) is 4.09. The van der Waals surface area contributed by atoms with Crippen LogP contribution in [0.25, 0.3) is 10.9 Å². The highest BCUT2D eigenvalue weighted by Crippen LogP contribution is 2.24. The van der Waals surface area contributed by atoms with Gasteiger partial charge in [-0.25, -0.2) is 13.1 Å². The highest BCUT2D eigenvalue weighted by atomic mass is 32.2. The van der Waals surface area contributed by atoms with E-state index in [1.807, 2.05) is 59.6 Å². The van der Waals surface area contributed by atoms with Crippen molar-refractivity contribution in [2.75, 3.05) is 5.32 Å². The number of hydrogen-bond donors (Lipinski definition) is 2. The van der Waals surface area contributed by atoms with Crippen molar-refractivity contribution in [1.82, 2.24) is 9.29 Å². The Balaban J connectivity index is 1.49. The van der Waals surface area contributed by atoms with Crippen LogP contribution in [0.1, 0.15) is 15.2 Å². The summed E-state index contributed by atoms with van der Waals surface area (Å²) in [4.78, 5) is 13.7. The highest BCUT2D eigenvalue weighted by Gasteiger charge is 2.16. The summed E-state index contributed by atoms with van der Waals surface area (Å²) in [5.74, 6) is -0.295. The quantitative estimate of drug-likeness (QED) is 0.491. The second-order valence-corrected chi connectivity index (χ2v) is 9.35. The second-order valence-electron chi connectivity index (χ2n) is 6.55. The first-order valence-corrected chi connectivity index (χ1v) is 11.3. The van der Waals surface area contributed by atoms with E-state index in [-0.39, 0.29) is 17.3 Å². The fraction of sp³-hybridized carbons (Fsp3) is 0.0952. The molecule has 0 aliphatic rings. The van der Waals surface area contributed by atoms with Gasteiger partial charge < -0.3 is 9.88 Å². The molecule has 4 aromatic rings. The number of thiophene rings is 1. The number of carbonyl (C=O) groups excluding carboxylic acids is 1. The molecule has 0 bridgehead atoms. The number of sulfonamides is 1. The van der Waals surface area contributed by atoms with E-state index >= 15 is 0 Å². The van der Waals surface area contributed by atoms with Gasteiger partial charge in [0.1, 0.15) is 0 Å². The van der Waals surface area contributed by atoms with Crippen molar-refractivity contribution < 1.29 is 13.2 Å². The Morgan fingerprint density at radius 1 is 1.03 bits per heavy atom. The number of nitrogens with zero attached hydrogens (tertiary/aromatic N) is 1. The number of carbonyl (C=O) groups is 1. The molecule has 6 nitrogen and oxygen atoms in total. The summed E-state index contributed by atoms with van der Waals surface area (Å²) in [6.07, 6.45) is 1.93. The fourth-order valence-corrected chi connectivity index (χ4v) is 4.80. The van der Waals surface area contributed by atoms with Gasteiger partial charge in [-0.3, -0.25) is 4.79 Å². The number of aromatic nitrogens is 1. The molecule has 2 aromatic carbocycles. The molecule has 148 valence electrons. The van der Waals surface area contributed by atoms with Gasteiger partial charge in [-0.05, 0) is 53.9 Å². The van der Waals surface area contributed by atoms with Crippen molar-refractivity contribution in [3.8, 4) is 0 Å². The molecule has 0 radical (unpaired) electrons. The van der Waals surface area contributed by atoms with Gasteiger partial charge in [0.25, 0.3) is 5.91 Å². The van der Waals surface area contributed by atoms with Gasteiger partial charge in [0.2, 0.25) is 10.0 Å². The van der Waals surface area contributed by atoms with E-state index < -0.39 is 10.0 Å². The maximum Gasteiger partial charge on any atom is 0.255 e. The number of nitrogens with one attached hydrogen (secondary N) is 2. The van der Waals surface area contributed by atoms with Crippen LogP contribution in [0.5, 0.6) is 0 Å². The van der Waals surface area contributed by atoms with Crippen molar-refractivity contribution in [3.63, 3.8) is 0 Å². The Kier molecular flexibility index (Phi) is 5.23. The van der Waals surface area contributed by atoms with Gasteiger partial charge >= 0.3 is 0 Å². The summed E-state index contributed by atoms with van der Waals surface area (Å²) < 4.78 is 29.4. The average molecular weight is 426 g/mol. The first-order chi connectivity index (χ1) is 13.9. The molecular weight excluding hydrogens is 406 g/mol. The summed E-state index contributed by atoms with van der Waals surface area (Å²) in [6.45, 7) is 0.239. The maximum atomic E-state index is 12.6. The molecule has 1 amide bonds. The van der Waals surface area contributed by atoms with Crippen molar-refractivity contribution in [2.45, 2.75) is 11.4 Å². The first-order valence-electron chi connectivity index (χ1n) is 8.91. The Labute approximate surface area is 172 Å². The van der Waals surface area contributed by atoms with Crippen LogP contribution in [0, 0.1) is 0 Å². The van der Waals surface area contributed by atoms with E-state index in [1.165, 1.54) is 35.6 Å². The molecule has 29 heavy (non-hydrogen) atoms. The first kappa shape index (κ1) is 19.4. The lowest BCUT2D eigenvalue weighted by molar-refractivity contribution is 0.102. The van der Waals surface area contributed by atoms with Gasteiger partial charge in [0.15, 0.2) is 0 Å². The Hall–Kier alpha value is -2.94. The van der Waals surface area contributed by atoms with E-state index in [2.05, 4.69) is 10.0 Å². The lowest BCUT2D eigenvalue weighted by atomic mass is 10.2. The SMILES string of the molecule is Cn1ccc2c(NC(=O)c3ccc(S(=O)(=O)NCc4cccs4)cc3)cccc21.